The third-order valence-corrected chi connectivity index (χ3v) is 4.20. The van der Waals surface area contributed by atoms with Crippen LogP contribution in [0.2, 0.25) is 0 Å². The molecular weight excluding hydrogens is 352 g/mol. The van der Waals surface area contributed by atoms with Crippen molar-refractivity contribution in [2.24, 2.45) is 0 Å². The van der Waals surface area contributed by atoms with E-state index in [1.807, 2.05) is 67.7 Å². The molecule has 7 nitrogen and oxygen atoms in total. The van der Waals surface area contributed by atoms with E-state index in [0.29, 0.717) is 17.2 Å². The highest BCUT2D eigenvalue weighted by Gasteiger charge is 2.08. The fourth-order valence-corrected chi connectivity index (χ4v) is 2.76. The molecule has 2 heterocycles. The van der Waals surface area contributed by atoms with Gasteiger partial charge in [0.25, 0.3) is 5.91 Å². The van der Waals surface area contributed by atoms with Gasteiger partial charge in [-0.1, -0.05) is 18.2 Å². The molecule has 4 rings (SSSR count). The van der Waals surface area contributed by atoms with Gasteiger partial charge in [0.1, 0.15) is 12.1 Å². The zero-order chi connectivity index (χ0) is 19.3. The summed E-state index contributed by atoms with van der Waals surface area (Å²) in [4.78, 5) is 20.8. The molecule has 138 valence electrons. The normalized spacial score (nSPS) is 10.5. The average molecular weight is 370 g/mol. The van der Waals surface area contributed by atoms with Gasteiger partial charge in [0, 0.05) is 35.4 Å². The second-order valence-corrected chi connectivity index (χ2v) is 6.18. The minimum atomic E-state index is -0.126. The number of hydrogen-bond donors (Lipinski definition) is 2. The van der Waals surface area contributed by atoms with Gasteiger partial charge in [-0.3, -0.25) is 4.79 Å². The molecule has 0 saturated carbocycles. The minimum absolute atomic E-state index is 0.126. The monoisotopic (exact) mass is 370 g/mol. The van der Waals surface area contributed by atoms with Crippen LogP contribution in [0.25, 0.3) is 5.82 Å². The summed E-state index contributed by atoms with van der Waals surface area (Å²) < 4.78 is 1.66. The van der Waals surface area contributed by atoms with E-state index < -0.39 is 0 Å². The average Bonchev–Trinajstić information content (AvgIpc) is 3.25. The highest BCUT2D eigenvalue weighted by atomic mass is 16.1. The Morgan fingerprint density at radius 3 is 2.50 bits per heavy atom. The summed E-state index contributed by atoms with van der Waals surface area (Å²) >= 11 is 0. The van der Waals surface area contributed by atoms with Crippen molar-refractivity contribution in [3.8, 4) is 5.82 Å². The molecule has 1 amide bonds. The molecule has 2 N–H and O–H groups in total. The Kier molecular flexibility index (Phi) is 4.79. The molecule has 0 atom stereocenters. The number of aryl methyl sites for hydroxylation is 1. The molecule has 4 aromatic rings. The third-order valence-electron chi connectivity index (χ3n) is 4.20. The van der Waals surface area contributed by atoms with Crippen LogP contribution in [0.4, 0.5) is 17.2 Å². The van der Waals surface area contributed by atoms with E-state index in [1.54, 1.807) is 16.9 Å². The van der Waals surface area contributed by atoms with Crippen LogP contribution in [0.5, 0.6) is 0 Å². The van der Waals surface area contributed by atoms with Gasteiger partial charge < -0.3 is 10.6 Å². The summed E-state index contributed by atoms with van der Waals surface area (Å²) in [5, 5.41) is 10.3. The van der Waals surface area contributed by atoms with E-state index in [4.69, 9.17) is 0 Å². The van der Waals surface area contributed by atoms with Crippen molar-refractivity contribution in [3.05, 3.63) is 90.5 Å². The van der Waals surface area contributed by atoms with Crippen LogP contribution in [0.3, 0.4) is 0 Å². The second-order valence-electron chi connectivity index (χ2n) is 6.18. The number of carbonyl (C=O) groups is 1. The number of hydrogen-bond acceptors (Lipinski definition) is 5. The van der Waals surface area contributed by atoms with E-state index in [9.17, 15) is 4.79 Å². The van der Waals surface area contributed by atoms with E-state index in [2.05, 4.69) is 25.7 Å². The molecule has 7 heteroatoms. The first-order valence-corrected chi connectivity index (χ1v) is 8.75. The van der Waals surface area contributed by atoms with Crippen LogP contribution >= 0.6 is 0 Å². The van der Waals surface area contributed by atoms with Gasteiger partial charge in [-0.05, 0) is 48.9 Å². The minimum Gasteiger partial charge on any atom is -0.340 e. The second kappa shape index (κ2) is 7.71. The lowest BCUT2D eigenvalue weighted by atomic mass is 10.1. The highest BCUT2D eigenvalue weighted by molar-refractivity contribution is 6.05. The first-order valence-electron chi connectivity index (χ1n) is 8.75. The summed E-state index contributed by atoms with van der Waals surface area (Å²) in [7, 11) is 0. The van der Waals surface area contributed by atoms with Crippen LogP contribution < -0.4 is 10.6 Å². The lowest BCUT2D eigenvalue weighted by molar-refractivity contribution is 0.102. The van der Waals surface area contributed by atoms with Crippen molar-refractivity contribution in [1.29, 1.82) is 0 Å². The molecule has 28 heavy (non-hydrogen) atoms. The maximum atomic E-state index is 12.4. The van der Waals surface area contributed by atoms with Crippen molar-refractivity contribution in [1.82, 2.24) is 19.7 Å². The van der Waals surface area contributed by atoms with Crippen LogP contribution in [0.15, 0.2) is 79.4 Å². The Morgan fingerprint density at radius 2 is 1.75 bits per heavy atom. The van der Waals surface area contributed by atoms with E-state index in [1.165, 1.54) is 6.33 Å². The first-order chi connectivity index (χ1) is 13.7. The molecule has 2 aromatic carbocycles. The number of carbonyl (C=O) groups excluding carboxylic acids is 1. The third kappa shape index (κ3) is 3.88. The number of aromatic nitrogens is 4. The van der Waals surface area contributed by atoms with Crippen LogP contribution in [-0.4, -0.2) is 25.7 Å². The van der Waals surface area contributed by atoms with E-state index in [0.717, 1.165) is 16.9 Å². The van der Waals surface area contributed by atoms with Gasteiger partial charge in [-0.15, -0.1) is 0 Å². The number of nitrogens with zero attached hydrogens (tertiary/aromatic N) is 4. The summed E-state index contributed by atoms with van der Waals surface area (Å²) in [6.45, 7) is 1.92. The maximum absolute atomic E-state index is 12.4. The predicted octanol–water partition coefficient (Wildman–Crippen LogP) is 3.97. The molecule has 0 unspecified atom stereocenters. The molecule has 2 aromatic heterocycles. The van der Waals surface area contributed by atoms with E-state index >= 15 is 0 Å². The number of benzene rings is 2. The van der Waals surface area contributed by atoms with Gasteiger partial charge in [0.2, 0.25) is 0 Å². The number of nitrogens with one attached hydrogen (secondary N) is 2. The molecule has 0 spiro atoms. The van der Waals surface area contributed by atoms with Crippen molar-refractivity contribution in [2.75, 3.05) is 10.6 Å². The number of amides is 1. The van der Waals surface area contributed by atoms with Crippen LogP contribution in [0.1, 0.15) is 15.9 Å². The van der Waals surface area contributed by atoms with Gasteiger partial charge in [-0.2, -0.15) is 5.10 Å². The molecule has 0 bridgehead atoms. The van der Waals surface area contributed by atoms with Crippen molar-refractivity contribution >= 4 is 23.1 Å². The lowest BCUT2D eigenvalue weighted by Crippen LogP contribution is -2.13. The molecule has 0 aliphatic rings. The SMILES string of the molecule is Cc1ccccc1C(=O)Nc1ccc(Nc2cc(-n3cccn3)ncn2)cc1. The van der Waals surface area contributed by atoms with Gasteiger partial charge in [0.05, 0.1) is 0 Å². The van der Waals surface area contributed by atoms with Crippen LogP contribution in [0, 0.1) is 6.92 Å². The topological polar surface area (TPSA) is 84.7 Å². The molecule has 0 aliphatic carbocycles. The van der Waals surface area contributed by atoms with Crippen molar-refractivity contribution < 1.29 is 4.79 Å². The summed E-state index contributed by atoms with van der Waals surface area (Å²) in [6.07, 6.45) is 4.99. The van der Waals surface area contributed by atoms with Crippen LogP contribution in [-0.2, 0) is 0 Å². The Hall–Kier alpha value is -4.00. The Morgan fingerprint density at radius 1 is 0.964 bits per heavy atom. The zero-order valence-corrected chi connectivity index (χ0v) is 15.2. The van der Waals surface area contributed by atoms with Gasteiger partial charge >= 0.3 is 0 Å². The van der Waals surface area contributed by atoms with Gasteiger partial charge in [0.15, 0.2) is 5.82 Å². The first kappa shape index (κ1) is 17.4. The predicted molar refractivity (Wildman–Crippen MR) is 108 cm³/mol. The molecule has 0 fully saturated rings. The Balaban J connectivity index is 1.45. The van der Waals surface area contributed by atoms with Crippen molar-refractivity contribution in [3.63, 3.8) is 0 Å². The standard InChI is InChI=1S/C21H18N6O/c1-15-5-2-3-6-18(15)21(28)26-17-9-7-16(8-10-17)25-19-13-20(23-14-22-19)27-12-4-11-24-27/h2-14H,1H3,(H,26,28)(H,22,23,25). The molecular formula is C21H18N6O. The summed E-state index contributed by atoms with van der Waals surface area (Å²) in [6, 6.07) is 18.6. The fraction of sp³-hybridized carbons (Fsp3) is 0.0476. The fourth-order valence-electron chi connectivity index (χ4n) is 2.76. The summed E-state index contributed by atoms with van der Waals surface area (Å²) in [5.74, 6) is 1.19. The molecule has 0 saturated heterocycles. The Bertz CT molecular complexity index is 1090. The zero-order valence-electron chi connectivity index (χ0n) is 15.2. The largest absolute Gasteiger partial charge is 0.340 e. The number of anilines is 3. The summed E-state index contributed by atoms with van der Waals surface area (Å²) in [5.41, 5.74) is 3.17. The smallest absolute Gasteiger partial charge is 0.255 e. The Labute approximate surface area is 162 Å². The molecule has 0 radical (unpaired) electrons. The quantitative estimate of drug-likeness (QED) is 0.555. The lowest BCUT2D eigenvalue weighted by Gasteiger charge is -2.10. The molecule has 0 aliphatic heterocycles. The highest BCUT2D eigenvalue weighted by Crippen LogP contribution is 2.19. The van der Waals surface area contributed by atoms with Crippen molar-refractivity contribution in [2.45, 2.75) is 6.92 Å². The van der Waals surface area contributed by atoms with E-state index in [-0.39, 0.29) is 5.91 Å². The van der Waals surface area contributed by atoms with Gasteiger partial charge in [-0.25, -0.2) is 14.6 Å². The maximum Gasteiger partial charge on any atom is 0.255 e. The number of rotatable bonds is 5.